The molecule has 0 saturated heterocycles. The normalized spacial score (nSPS) is 17.8. The first-order valence-electron chi connectivity index (χ1n) is 6.74. The number of rotatable bonds is 7. The van der Waals surface area contributed by atoms with Gasteiger partial charge in [-0.2, -0.15) is 0 Å². The van der Waals surface area contributed by atoms with E-state index < -0.39 is 12.0 Å². The van der Waals surface area contributed by atoms with Gasteiger partial charge < -0.3 is 9.84 Å². The van der Waals surface area contributed by atoms with Crippen LogP contribution in [-0.4, -0.2) is 29.8 Å². The summed E-state index contributed by atoms with van der Waals surface area (Å²) in [6.07, 6.45) is 2.02. The Morgan fingerprint density at radius 2 is 2.05 bits per heavy atom. The number of carboxylic acids is 1. The van der Waals surface area contributed by atoms with Gasteiger partial charge in [-0.25, -0.2) is 0 Å². The summed E-state index contributed by atoms with van der Waals surface area (Å²) in [5, 5.41) is 12.3. The molecule has 1 aliphatic carbocycles. The lowest BCUT2D eigenvalue weighted by Crippen LogP contribution is -2.45. The zero-order valence-corrected chi connectivity index (χ0v) is 11.4. The van der Waals surface area contributed by atoms with Crippen molar-refractivity contribution in [3.63, 3.8) is 0 Å². The van der Waals surface area contributed by atoms with Crippen LogP contribution in [0.4, 0.5) is 0 Å². The van der Waals surface area contributed by atoms with Gasteiger partial charge in [0.15, 0.2) is 0 Å². The molecule has 1 aromatic rings. The van der Waals surface area contributed by atoms with Gasteiger partial charge in [-0.05, 0) is 44.7 Å². The van der Waals surface area contributed by atoms with Crippen molar-refractivity contribution in [3.8, 4) is 5.75 Å². The molecule has 0 heterocycles. The van der Waals surface area contributed by atoms with E-state index in [1.807, 2.05) is 38.1 Å². The fourth-order valence-corrected chi connectivity index (χ4v) is 2.05. The van der Waals surface area contributed by atoms with Gasteiger partial charge in [0, 0.05) is 6.04 Å². The molecule has 1 fully saturated rings. The second kappa shape index (κ2) is 6.06. The van der Waals surface area contributed by atoms with E-state index >= 15 is 0 Å². The van der Waals surface area contributed by atoms with Crippen LogP contribution in [0.3, 0.4) is 0 Å². The Hall–Kier alpha value is -1.55. The highest BCUT2D eigenvalue weighted by Gasteiger charge is 2.36. The lowest BCUT2D eigenvalue weighted by Gasteiger charge is -2.20. The monoisotopic (exact) mass is 263 g/mol. The van der Waals surface area contributed by atoms with Crippen molar-refractivity contribution in [2.45, 2.75) is 38.8 Å². The average molecular weight is 263 g/mol. The summed E-state index contributed by atoms with van der Waals surface area (Å²) in [4.78, 5) is 11.1. The van der Waals surface area contributed by atoms with Gasteiger partial charge in [0.1, 0.15) is 18.4 Å². The summed E-state index contributed by atoms with van der Waals surface area (Å²) in [5.74, 6) is 0.349. The molecule has 19 heavy (non-hydrogen) atoms. The lowest BCUT2D eigenvalue weighted by atomic mass is 10.1. The molecule has 4 heteroatoms. The Morgan fingerprint density at radius 1 is 1.42 bits per heavy atom. The maximum Gasteiger partial charge on any atom is 0.320 e. The summed E-state index contributed by atoms with van der Waals surface area (Å²) in [7, 11) is 0. The molecule has 2 atom stereocenters. The number of hydrogen-bond acceptors (Lipinski definition) is 3. The van der Waals surface area contributed by atoms with Crippen LogP contribution in [0.5, 0.6) is 5.75 Å². The first-order chi connectivity index (χ1) is 9.06. The third-order valence-electron chi connectivity index (χ3n) is 3.34. The quantitative estimate of drug-likeness (QED) is 0.792. The van der Waals surface area contributed by atoms with E-state index in [1.54, 1.807) is 0 Å². The predicted octanol–water partition coefficient (Wildman–Crippen LogP) is 2.22. The van der Waals surface area contributed by atoms with Crippen LogP contribution in [0.1, 0.15) is 25.3 Å². The Morgan fingerprint density at radius 3 is 2.58 bits per heavy atom. The molecule has 2 unspecified atom stereocenters. The molecular weight excluding hydrogens is 242 g/mol. The zero-order chi connectivity index (χ0) is 13.8. The van der Waals surface area contributed by atoms with Crippen LogP contribution in [0.25, 0.3) is 0 Å². The van der Waals surface area contributed by atoms with E-state index in [2.05, 4.69) is 5.32 Å². The van der Waals surface area contributed by atoms with E-state index in [0.29, 0.717) is 12.5 Å². The van der Waals surface area contributed by atoms with Gasteiger partial charge in [0.25, 0.3) is 0 Å². The van der Waals surface area contributed by atoms with E-state index in [9.17, 15) is 4.79 Å². The fraction of sp³-hybridized carbons (Fsp3) is 0.533. The van der Waals surface area contributed by atoms with Crippen molar-refractivity contribution in [2.24, 2.45) is 5.92 Å². The highest BCUT2D eigenvalue weighted by Crippen LogP contribution is 2.32. The Bertz CT molecular complexity index is 426. The minimum absolute atomic E-state index is 0.0167. The predicted molar refractivity (Wildman–Crippen MR) is 73.4 cm³/mol. The number of aliphatic carboxylic acids is 1. The molecule has 1 saturated carbocycles. The van der Waals surface area contributed by atoms with Crippen LogP contribution in [-0.2, 0) is 4.79 Å². The Kier molecular flexibility index (Phi) is 4.43. The molecule has 0 aliphatic heterocycles. The van der Waals surface area contributed by atoms with Crippen molar-refractivity contribution in [3.05, 3.63) is 29.8 Å². The van der Waals surface area contributed by atoms with Gasteiger partial charge in [-0.15, -0.1) is 0 Å². The van der Waals surface area contributed by atoms with Gasteiger partial charge in [0.05, 0.1) is 0 Å². The highest BCUT2D eigenvalue weighted by molar-refractivity contribution is 5.74. The smallest absolute Gasteiger partial charge is 0.320 e. The molecule has 0 radical (unpaired) electrons. The molecule has 0 amide bonds. The summed E-state index contributed by atoms with van der Waals surface area (Å²) in [6, 6.07) is 7.43. The van der Waals surface area contributed by atoms with Gasteiger partial charge in [-0.3, -0.25) is 10.1 Å². The minimum Gasteiger partial charge on any atom is -0.492 e. The van der Waals surface area contributed by atoms with Crippen LogP contribution in [0.2, 0.25) is 0 Å². The SMILES string of the molecule is Cc1ccc(OCC(C)NC(C(=O)O)C2CC2)cc1. The Labute approximate surface area is 113 Å². The number of carboxylic acid groups (broad SMARTS) is 1. The van der Waals surface area contributed by atoms with Crippen molar-refractivity contribution >= 4 is 5.97 Å². The molecule has 1 aliphatic rings. The number of nitrogens with one attached hydrogen (secondary N) is 1. The number of ether oxygens (including phenoxy) is 1. The average Bonchev–Trinajstić information content (AvgIpc) is 3.19. The van der Waals surface area contributed by atoms with Crippen molar-refractivity contribution in [1.82, 2.24) is 5.32 Å². The zero-order valence-electron chi connectivity index (χ0n) is 11.4. The van der Waals surface area contributed by atoms with Gasteiger partial charge >= 0.3 is 5.97 Å². The first-order valence-corrected chi connectivity index (χ1v) is 6.74. The summed E-state index contributed by atoms with van der Waals surface area (Å²) in [6.45, 7) is 4.45. The molecule has 104 valence electrons. The minimum atomic E-state index is -0.760. The molecule has 4 nitrogen and oxygen atoms in total. The third kappa shape index (κ3) is 4.24. The molecule has 0 bridgehead atoms. The van der Waals surface area contributed by atoms with Crippen molar-refractivity contribution in [2.75, 3.05) is 6.61 Å². The molecular formula is C15H21NO3. The maximum atomic E-state index is 11.1. The van der Waals surface area contributed by atoms with Crippen LogP contribution in [0.15, 0.2) is 24.3 Å². The molecule has 2 rings (SSSR count). The first kappa shape index (κ1) is 13.9. The van der Waals surface area contributed by atoms with E-state index in [4.69, 9.17) is 9.84 Å². The van der Waals surface area contributed by atoms with Gasteiger partial charge in [0.2, 0.25) is 0 Å². The summed E-state index contributed by atoms with van der Waals surface area (Å²) < 4.78 is 5.65. The van der Waals surface area contributed by atoms with E-state index in [1.165, 1.54) is 5.56 Å². The second-order valence-electron chi connectivity index (χ2n) is 5.35. The van der Waals surface area contributed by atoms with Crippen molar-refractivity contribution in [1.29, 1.82) is 0 Å². The van der Waals surface area contributed by atoms with Crippen LogP contribution in [0, 0.1) is 12.8 Å². The van der Waals surface area contributed by atoms with E-state index in [0.717, 1.165) is 18.6 Å². The molecule has 0 spiro atoms. The Balaban J connectivity index is 1.78. The highest BCUT2D eigenvalue weighted by atomic mass is 16.5. The topological polar surface area (TPSA) is 58.6 Å². The number of carbonyl (C=O) groups is 1. The summed E-state index contributed by atoms with van der Waals surface area (Å²) in [5.41, 5.74) is 1.19. The van der Waals surface area contributed by atoms with Crippen LogP contribution < -0.4 is 10.1 Å². The number of benzene rings is 1. The fourth-order valence-electron chi connectivity index (χ4n) is 2.05. The lowest BCUT2D eigenvalue weighted by molar-refractivity contribution is -0.140. The maximum absolute atomic E-state index is 11.1. The van der Waals surface area contributed by atoms with Crippen LogP contribution >= 0.6 is 0 Å². The molecule has 1 aromatic carbocycles. The largest absolute Gasteiger partial charge is 0.492 e. The second-order valence-corrected chi connectivity index (χ2v) is 5.35. The molecule has 2 N–H and O–H groups in total. The van der Waals surface area contributed by atoms with E-state index in [-0.39, 0.29) is 6.04 Å². The number of aryl methyl sites for hydroxylation is 1. The summed E-state index contributed by atoms with van der Waals surface area (Å²) >= 11 is 0. The van der Waals surface area contributed by atoms with Gasteiger partial charge in [-0.1, -0.05) is 17.7 Å². The standard InChI is InChI=1S/C15H21NO3/c1-10-3-7-13(8-4-10)19-9-11(2)16-14(15(17)18)12-5-6-12/h3-4,7-8,11-12,14,16H,5-6,9H2,1-2H3,(H,17,18). The molecule has 0 aromatic heterocycles. The third-order valence-corrected chi connectivity index (χ3v) is 3.34. The van der Waals surface area contributed by atoms with Crippen molar-refractivity contribution < 1.29 is 14.6 Å². The number of hydrogen-bond donors (Lipinski definition) is 2.